The summed E-state index contributed by atoms with van der Waals surface area (Å²) in [6.45, 7) is 8.78. The molecule has 4 aliphatic rings. The van der Waals surface area contributed by atoms with Crippen LogP contribution in [0.5, 0.6) is 6.01 Å². The van der Waals surface area contributed by atoms with Crippen molar-refractivity contribution in [1.82, 2.24) is 20.2 Å². The molecule has 2 fully saturated rings. The minimum atomic E-state index is -0.191. The Balaban J connectivity index is 1.28. The van der Waals surface area contributed by atoms with E-state index in [9.17, 15) is 5.26 Å². The van der Waals surface area contributed by atoms with Crippen LogP contribution in [0.3, 0.4) is 0 Å². The summed E-state index contributed by atoms with van der Waals surface area (Å²) >= 11 is 0. The summed E-state index contributed by atoms with van der Waals surface area (Å²) in [4.78, 5) is 12.7. The minimum absolute atomic E-state index is 0.0145. The van der Waals surface area contributed by atoms with Gasteiger partial charge in [0, 0.05) is 17.9 Å². The highest BCUT2D eigenvalue weighted by Gasteiger charge is 2.45. The quantitative estimate of drug-likeness (QED) is 0.435. The van der Waals surface area contributed by atoms with Crippen molar-refractivity contribution in [3.8, 4) is 12.1 Å². The van der Waals surface area contributed by atoms with Crippen molar-refractivity contribution in [2.45, 2.75) is 76.2 Å². The number of aryl methyl sites for hydroxylation is 1. The van der Waals surface area contributed by atoms with Crippen molar-refractivity contribution < 1.29 is 14.0 Å². The van der Waals surface area contributed by atoms with Crippen LogP contribution in [0, 0.1) is 18.3 Å². The molecule has 41 heavy (non-hydrogen) atoms. The normalized spacial score (nSPS) is 25.4. The number of ether oxygens (including phenoxy) is 2. The fraction of sp³-hybridized carbons (Fsp3) is 0.515. The molecule has 212 valence electrons. The predicted molar refractivity (Wildman–Crippen MR) is 158 cm³/mol. The van der Waals surface area contributed by atoms with Gasteiger partial charge in [-0.2, -0.15) is 10.2 Å². The van der Waals surface area contributed by atoms with E-state index >= 15 is 0 Å². The van der Waals surface area contributed by atoms with E-state index < -0.39 is 0 Å². The molecule has 2 unspecified atom stereocenters. The maximum Gasteiger partial charge on any atom is 0.434 e. The first-order valence-corrected chi connectivity index (χ1v) is 15.2. The first-order chi connectivity index (χ1) is 20.0. The maximum atomic E-state index is 9.34. The Kier molecular flexibility index (Phi) is 6.98. The molecule has 0 spiro atoms. The summed E-state index contributed by atoms with van der Waals surface area (Å²) in [6, 6.07) is 15.7. The average molecular weight is 552 g/mol. The zero-order valence-electron chi connectivity index (χ0n) is 24.1. The molecule has 0 saturated carbocycles. The number of nitriles is 1. The van der Waals surface area contributed by atoms with Crippen molar-refractivity contribution in [1.29, 1.82) is 5.26 Å². The number of hydrogen-bond donors (Lipinski definition) is 1. The Bertz CT molecular complexity index is 1530. The molecule has 0 amide bonds. The monoisotopic (exact) mass is 551 g/mol. The summed E-state index contributed by atoms with van der Waals surface area (Å²) in [5, 5.41) is 15.3. The molecule has 0 bridgehead atoms. The number of hydrogen-bond acceptors (Lipinski definition) is 7. The zero-order chi connectivity index (χ0) is 28.0. The zero-order valence-corrected chi connectivity index (χ0v) is 24.1. The maximum absolute atomic E-state index is 9.34. The predicted octanol–water partition coefficient (Wildman–Crippen LogP) is 4.92. The minimum Gasteiger partial charge on any atom is -0.443 e. The Hall–Kier alpha value is -3.38. The Labute approximate surface area is 242 Å². The van der Waals surface area contributed by atoms with Crippen molar-refractivity contribution in [3.63, 3.8) is 0 Å². The molecular formula is C33H39N6O2+. The molecule has 0 radical (unpaired) electrons. The lowest BCUT2D eigenvalue weighted by molar-refractivity contribution is -0.445. The van der Waals surface area contributed by atoms with Crippen molar-refractivity contribution >= 4 is 22.8 Å². The van der Waals surface area contributed by atoms with Gasteiger partial charge in [-0.05, 0) is 74.5 Å². The molecule has 2 saturated heterocycles. The molecule has 0 aliphatic carbocycles. The number of nitrogens with zero attached hydrogens (tertiary/aromatic N) is 5. The van der Waals surface area contributed by atoms with Crippen molar-refractivity contribution in [3.05, 3.63) is 58.8 Å². The summed E-state index contributed by atoms with van der Waals surface area (Å²) < 4.78 is 15.5. The first-order valence-electron chi connectivity index (χ1n) is 15.2. The fourth-order valence-electron chi connectivity index (χ4n) is 7.66. The van der Waals surface area contributed by atoms with Gasteiger partial charge < -0.3 is 14.8 Å². The molecule has 4 aliphatic heterocycles. The van der Waals surface area contributed by atoms with Gasteiger partial charge in [0.25, 0.3) is 0 Å². The van der Waals surface area contributed by atoms with Gasteiger partial charge in [-0.25, -0.2) is 4.58 Å². The van der Waals surface area contributed by atoms with Crippen LogP contribution < -0.4 is 10.1 Å². The summed E-state index contributed by atoms with van der Waals surface area (Å²) in [7, 11) is 0. The second-order valence-corrected chi connectivity index (χ2v) is 12.2. The molecule has 2 aromatic carbocycles. The molecule has 3 aromatic rings. The molecule has 3 atom stereocenters. The largest absolute Gasteiger partial charge is 0.443 e. The highest BCUT2D eigenvalue weighted by atomic mass is 16.5. The van der Waals surface area contributed by atoms with Gasteiger partial charge in [0.15, 0.2) is 0 Å². The third-order valence-corrected chi connectivity index (χ3v) is 9.61. The van der Waals surface area contributed by atoms with Gasteiger partial charge in [0.2, 0.25) is 0 Å². The van der Waals surface area contributed by atoms with Gasteiger partial charge in [-0.1, -0.05) is 36.4 Å². The van der Waals surface area contributed by atoms with Crippen molar-refractivity contribution in [2.75, 3.05) is 32.8 Å². The van der Waals surface area contributed by atoms with Crippen LogP contribution in [0.15, 0.2) is 36.4 Å². The smallest absolute Gasteiger partial charge is 0.434 e. The van der Waals surface area contributed by atoms with Crippen LogP contribution in [0.4, 0.5) is 5.82 Å². The van der Waals surface area contributed by atoms with Crippen molar-refractivity contribution in [2.24, 2.45) is 0 Å². The van der Waals surface area contributed by atoms with Crippen LogP contribution in [0.25, 0.3) is 10.8 Å². The van der Waals surface area contributed by atoms with E-state index in [2.05, 4.69) is 77.3 Å². The molecule has 8 nitrogen and oxygen atoms in total. The number of benzene rings is 2. The van der Waals surface area contributed by atoms with E-state index in [0.29, 0.717) is 25.5 Å². The SMILES string of the molecule is Cc1cccc2cccc(C3Cc4nc(OCC56CCCN5CCC6)nc([N+]5=C[C@H](CC#N)NCC5)c4C(C)O3)c12. The third-order valence-electron chi connectivity index (χ3n) is 9.61. The number of rotatable bonds is 6. The number of nitrogens with one attached hydrogen (secondary N) is 1. The van der Waals surface area contributed by atoms with Crippen LogP contribution in [-0.2, 0) is 11.2 Å². The Morgan fingerprint density at radius 3 is 2.78 bits per heavy atom. The summed E-state index contributed by atoms with van der Waals surface area (Å²) in [5.41, 5.74) is 4.60. The number of aromatic nitrogens is 2. The molecule has 7 rings (SSSR count). The van der Waals surface area contributed by atoms with E-state index in [1.54, 1.807) is 0 Å². The van der Waals surface area contributed by atoms with Crippen LogP contribution in [-0.4, -0.2) is 70.0 Å². The highest BCUT2D eigenvalue weighted by molar-refractivity contribution is 5.89. The van der Waals surface area contributed by atoms with Gasteiger partial charge in [0.05, 0.1) is 53.8 Å². The topological polar surface area (TPSA) is 86.3 Å². The Morgan fingerprint density at radius 1 is 1.17 bits per heavy atom. The molecule has 1 aromatic heterocycles. The second-order valence-electron chi connectivity index (χ2n) is 12.2. The van der Waals surface area contributed by atoms with Gasteiger partial charge >= 0.3 is 11.8 Å². The standard InChI is InChI=1S/C33H39N6O2/c1-22-7-3-8-24-9-4-10-26(29(22)24)28-19-27-30(23(2)41-28)31(38-18-15-35-25(20-38)11-14-34)37-32(36-27)40-21-33-12-5-16-39(33)17-6-13-33/h3-4,7-10,20,23,25,28,35H,5-6,11-13,15-19,21H2,1-2H3/q+1/t23?,25-,28?/m0/s1. The van der Waals surface area contributed by atoms with Crippen LogP contribution in [0.1, 0.15) is 73.6 Å². The number of fused-ring (bicyclic) bond motifs is 3. The first kappa shape index (κ1) is 26.5. The average Bonchev–Trinajstić information content (AvgIpc) is 3.56. The van der Waals surface area contributed by atoms with Gasteiger partial charge in [-0.15, -0.1) is 0 Å². The highest BCUT2D eigenvalue weighted by Crippen LogP contribution is 2.44. The van der Waals surface area contributed by atoms with Gasteiger partial charge in [-0.3, -0.25) is 4.90 Å². The lowest BCUT2D eigenvalue weighted by Crippen LogP contribution is -2.44. The van der Waals surface area contributed by atoms with E-state index in [0.717, 1.165) is 43.3 Å². The lowest BCUT2D eigenvalue weighted by Gasteiger charge is -2.32. The molecule has 8 heteroatoms. The van der Waals surface area contributed by atoms with E-state index in [1.165, 1.54) is 47.6 Å². The summed E-state index contributed by atoms with van der Waals surface area (Å²) in [6.07, 6.45) is 7.69. The molecule has 5 heterocycles. The third kappa shape index (κ3) is 4.80. The molecular weight excluding hydrogens is 512 g/mol. The van der Waals surface area contributed by atoms with Crippen LogP contribution >= 0.6 is 0 Å². The fourth-order valence-corrected chi connectivity index (χ4v) is 7.66. The lowest BCUT2D eigenvalue weighted by atomic mass is 9.91. The molecule has 1 N–H and O–H groups in total. The van der Waals surface area contributed by atoms with E-state index in [1.807, 2.05) is 0 Å². The summed E-state index contributed by atoms with van der Waals surface area (Å²) in [5.74, 6) is 0.849. The van der Waals surface area contributed by atoms with Crippen LogP contribution in [0.2, 0.25) is 0 Å². The second kappa shape index (κ2) is 10.8. The Morgan fingerprint density at radius 2 is 1.98 bits per heavy atom. The van der Waals surface area contributed by atoms with E-state index in [4.69, 9.17) is 19.4 Å². The van der Waals surface area contributed by atoms with E-state index in [-0.39, 0.29) is 23.8 Å². The van der Waals surface area contributed by atoms with Gasteiger partial charge in [0.1, 0.15) is 13.2 Å².